The number of carbonyl (C=O) groups excluding carboxylic acids is 1. The van der Waals surface area contributed by atoms with Gasteiger partial charge in [-0.25, -0.2) is 4.72 Å². The number of pyridine rings is 2. The third kappa shape index (κ3) is 8.14. The highest BCUT2D eigenvalue weighted by molar-refractivity contribution is 7.90. The van der Waals surface area contributed by atoms with E-state index in [1.54, 1.807) is 12.3 Å². The Kier molecular flexibility index (Phi) is 11.2. The Morgan fingerprint density at radius 1 is 0.926 bits per heavy atom. The van der Waals surface area contributed by atoms with E-state index < -0.39 is 31.6 Å². The summed E-state index contributed by atoms with van der Waals surface area (Å²) in [6.45, 7) is 8.15. The fraction of sp³-hybridized carbons (Fsp3) is 0.392. The van der Waals surface area contributed by atoms with Gasteiger partial charge in [0.1, 0.15) is 24.5 Å². The molecule has 1 amide bonds. The Labute approximate surface area is 395 Å². The Morgan fingerprint density at radius 2 is 1.72 bits per heavy atom. The van der Waals surface area contributed by atoms with Crippen molar-refractivity contribution in [3.63, 3.8) is 0 Å². The molecule has 3 aromatic heterocycles. The summed E-state index contributed by atoms with van der Waals surface area (Å²) in [6.07, 6.45) is 9.26. The summed E-state index contributed by atoms with van der Waals surface area (Å²) in [5.74, 6) is -0.283. The molecule has 2 saturated heterocycles. The molecule has 4 aliphatic heterocycles. The number of sulfonamides is 1. The molecule has 68 heavy (non-hydrogen) atoms. The number of anilines is 4. The SMILES string of the molecule is CC(C)c1ccccc1[C@@H]1CCCN1C1CC2(CCN(c3ccc(C(=O)NS(=O)(=O)c4cc([N+](=O)[O-])c5c(n4)OCC(Cc4ccccc4)N5)c(N4CCOc5nc6[nH]ccc6cc54)c3)CC2)C1. The van der Waals surface area contributed by atoms with Crippen LogP contribution in [0.2, 0.25) is 0 Å². The number of fused-ring (bicyclic) bond motifs is 3. The maximum atomic E-state index is 14.4. The summed E-state index contributed by atoms with van der Waals surface area (Å²) in [7, 11) is -4.76. The minimum Gasteiger partial charge on any atom is -0.474 e. The third-order valence-electron chi connectivity index (χ3n) is 14.8. The molecule has 11 rings (SSSR count). The van der Waals surface area contributed by atoms with Crippen molar-refractivity contribution < 1.29 is 27.6 Å². The summed E-state index contributed by atoms with van der Waals surface area (Å²) in [5, 5.41) is 15.7. The van der Waals surface area contributed by atoms with Crippen molar-refractivity contribution in [3.05, 3.63) is 130 Å². The molecular formula is C51H55N9O7S. The first-order valence-corrected chi connectivity index (χ1v) is 25.2. The van der Waals surface area contributed by atoms with E-state index in [1.807, 2.05) is 59.5 Å². The number of aromatic nitrogens is 3. The Bertz CT molecular complexity index is 3020. The number of likely N-dealkylation sites (tertiary alicyclic amines) is 1. The van der Waals surface area contributed by atoms with Gasteiger partial charge in [-0.1, -0.05) is 68.4 Å². The molecular weight excluding hydrogens is 883 g/mol. The minimum absolute atomic E-state index is 0.0225. The second-order valence-corrected chi connectivity index (χ2v) is 21.0. The van der Waals surface area contributed by atoms with Gasteiger partial charge >= 0.3 is 5.69 Å². The molecule has 2 atom stereocenters. The van der Waals surface area contributed by atoms with Gasteiger partial charge in [-0.2, -0.15) is 18.4 Å². The van der Waals surface area contributed by atoms with Crippen molar-refractivity contribution in [1.29, 1.82) is 0 Å². The van der Waals surface area contributed by atoms with E-state index in [0.29, 0.717) is 59.3 Å². The van der Waals surface area contributed by atoms with Crippen LogP contribution >= 0.6 is 0 Å². The van der Waals surface area contributed by atoms with Crippen LogP contribution in [-0.4, -0.2) is 90.6 Å². The first kappa shape index (κ1) is 43.8. The van der Waals surface area contributed by atoms with Gasteiger partial charge in [-0.3, -0.25) is 19.8 Å². The van der Waals surface area contributed by atoms with E-state index in [4.69, 9.17) is 14.5 Å². The molecule has 5 aliphatic rings. The monoisotopic (exact) mass is 937 g/mol. The molecule has 3 N–H and O–H groups in total. The standard InChI is InChI=1S/C51H55N9O7S/c1-32(2)38-11-6-7-12-39(38)41-13-8-20-58(41)37-29-51(30-37)17-21-57(22-18-51)36-14-15-40(42(27-36)59-23-24-66-49-44(59)26-34-16-19-52-47(34)55-49)48(61)56-68(64,65)45-28-43(60(62)63)46-50(54-45)67-31-35(53-46)25-33-9-4-3-5-10-33/h3-7,9-12,14-16,19,26-28,32,35,37,41,53H,8,13,17-18,20-25,29-31H2,1-2H3,(H,52,55)(H,56,61)/t35?,41-/m0/s1. The van der Waals surface area contributed by atoms with Crippen LogP contribution in [0, 0.1) is 15.5 Å². The van der Waals surface area contributed by atoms with E-state index in [9.17, 15) is 23.3 Å². The number of rotatable bonds is 11. The summed E-state index contributed by atoms with van der Waals surface area (Å²) in [4.78, 5) is 45.3. The minimum atomic E-state index is -4.76. The van der Waals surface area contributed by atoms with Crippen LogP contribution < -0.4 is 29.3 Å². The molecule has 1 spiro atoms. The second-order valence-electron chi connectivity index (χ2n) is 19.4. The zero-order chi connectivity index (χ0) is 46.7. The van der Waals surface area contributed by atoms with Crippen LogP contribution in [0.25, 0.3) is 11.0 Å². The average molecular weight is 938 g/mol. The second kappa shape index (κ2) is 17.4. The van der Waals surface area contributed by atoms with Crippen molar-refractivity contribution in [2.75, 3.05) is 54.5 Å². The first-order chi connectivity index (χ1) is 32.9. The number of hydrogen-bond acceptors (Lipinski definition) is 13. The zero-order valence-electron chi connectivity index (χ0n) is 38.2. The number of piperidine rings is 1. The number of nitrogens with one attached hydrogen (secondary N) is 3. The third-order valence-corrected chi connectivity index (χ3v) is 16.1. The Morgan fingerprint density at radius 3 is 2.51 bits per heavy atom. The van der Waals surface area contributed by atoms with Crippen molar-refractivity contribution in [1.82, 2.24) is 24.6 Å². The number of nitrogens with zero attached hydrogens (tertiary/aromatic N) is 6. The smallest absolute Gasteiger partial charge is 0.300 e. The maximum absolute atomic E-state index is 14.4. The number of aromatic amines is 1. The fourth-order valence-electron chi connectivity index (χ4n) is 11.4. The Hall–Kier alpha value is -6.72. The molecule has 1 saturated carbocycles. The number of amides is 1. The van der Waals surface area contributed by atoms with Gasteiger partial charge in [0.15, 0.2) is 10.7 Å². The molecule has 1 aliphatic carbocycles. The average Bonchev–Trinajstić information content (AvgIpc) is 4.02. The highest BCUT2D eigenvalue weighted by atomic mass is 32.2. The lowest BCUT2D eigenvalue weighted by Gasteiger charge is -2.56. The lowest BCUT2D eigenvalue weighted by molar-refractivity contribution is -0.384. The number of hydrogen-bond donors (Lipinski definition) is 3. The molecule has 16 nitrogen and oxygen atoms in total. The van der Waals surface area contributed by atoms with E-state index >= 15 is 0 Å². The van der Waals surface area contributed by atoms with Gasteiger partial charge in [0.05, 0.1) is 34.8 Å². The van der Waals surface area contributed by atoms with Crippen LogP contribution in [0.15, 0.2) is 102 Å². The van der Waals surface area contributed by atoms with Crippen LogP contribution in [0.4, 0.5) is 28.4 Å². The van der Waals surface area contributed by atoms with Crippen LogP contribution in [0.5, 0.6) is 11.8 Å². The highest BCUT2D eigenvalue weighted by Crippen LogP contribution is 2.54. The molecule has 3 fully saturated rings. The molecule has 1 unspecified atom stereocenters. The van der Waals surface area contributed by atoms with Crippen molar-refractivity contribution in [2.24, 2.45) is 5.41 Å². The Balaban J connectivity index is 0.845. The lowest BCUT2D eigenvalue weighted by atomic mass is 9.59. The van der Waals surface area contributed by atoms with E-state index in [2.05, 4.69) is 67.9 Å². The first-order valence-electron chi connectivity index (χ1n) is 23.7. The van der Waals surface area contributed by atoms with Gasteiger partial charge < -0.3 is 29.6 Å². The molecule has 17 heteroatoms. The molecule has 0 bridgehead atoms. The summed E-state index contributed by atoms with van der Waals surface area (Å²) >= 11 is 0. The van der Waals surface area contributed by atoms with E-state index in [1.165, 1.54) is 36.8 Å². The number of H-pyrrole nitrogens is 1. The van der Waals surface area contributed by atoms with Gasteiger partial charge in [-0.15, -0.1) is 0 Å². The van der Waals surface area contributed by atoms with Crippen LogP contribution in [-0.2, 0) is 16.4 Å². The number of carbonyl (C=O) groups is 1. The van der Waals surface area contributed by atoms with Gasteiger partial charge in [-0.05, 0) is 110 Å². The van der Waals surface area contributed by atoms with Crippen LogP contribution in [0.1, 0.15) is 91.4 Å². The van der Waals surface area contributed by atoms with Crippen LogP contribution in [0.3, 0.4) is 0 Å². The topological polar surface area (TPSA) is 188 Å². The summed E-state index contributed by atoms with van der Waals surface area (Å²) < 4.78 is 42.2. The predicted molar refractivity (Wildman–Crippen MR) is 260 cm³/mol. The maximum Gasteiger partial charge on any atom is 0.300 e. The number of ether oxygens (including phenoxy) is 2. The zero-order valence-corrected chi connectivity index (χ0v) is 39.0. The largest absolute Gasteiger partial charge is 0.474 e. The van der Waals surface area contributed by atoms with E-state index in [-0.39, 0.29) is 36.4 Å². The fourth-order valence-corrected chi connectivity index (χ4v) is 12.3. The number of benzene rings is 3. The number of nitro groups is 1. The van der Waals surface area contributed by atoms with Crippen molar-refractivity contribution in [3.8, 4) is 11.8 Å². The molecule has 352 valence electrons. The van der Waals surface area contributed by atoms with E-state index in [0.717, 1.165) is 55.2 Å². The van der Waals surface area contributed by atoms with Gasteiger partial charge in [0, 0.05) is 42.4 Å². The summed E-state index contributed by atoms with van der Waals surface area (Å²) in [6, 6.07) is 29.5. The van der Waals surface area contributed by atoms with Gasteiger partial charge in [0.25, 0.3) is 15.9 Å². The lowest BCUT2D eigenvalue weighted by Crippen LogP contribution is -2.55. The molecule has 3 aromatic carbocycles. The van der Waals surface area contributed by atoms with Crippen molar-refractivity contribution >= 4 is 55.4 Å². The van der Waals surface area contributed by atoms with Crippen molar-refractivity contribution in [2.45, 2.75) is 87.9 Å². The molecule has 0 radical (unpaired) electrons. The normalized spacial score (nSPS) is 20.3. The highest BCUT2D eigenvalue weighted by Gasteiger charge is 2.50. The summed E-state index contributed by atoms with van der Waals surface area (Å²) in [5.41, 5.74) is 6.46. The van der Waals surface area contributed by atoms with Gasteiger partial charge in [0.2, 0.25) is 11.8 Å². The quantitative estimate of drug-likeness (QED) is 0.0828. The molecule has 6 aromatic rings. The molecule has 7 heterocycles. The predicted octanol–water partition coefficient (Wildman–Crippen LogP) is 8.64.